The van der Waals surface area contributed by atoms with Gasteiger partial charge in [-0.2, -0.15) is 0 Å². The Kier molecular flexibility index (Phi) is 8.75. The first-order valence-corrected chi connectivity index (χ1v) is 9.49. The van der Waals surface area contributed by atoms with Crippen molar-refractivity contribution in [2.45, 2.75) is 21.7 Å². The summed E-state index contributed by atoms with van der Waals surface area (Å²) >= 11 is 35.8. The van der Waals surface area contributed by atoms with Gasteiger partial charge in [0.15, 0.2) is 9.95 Å². The Labute approximate surface area is 178 Å². The van der Waals surface area contributed by atoms with Gasteiger partial charge >= 0.3 is 0 Å². The van der Waals surface area contributed by atoms with Crippen LogP contribution in [0.15, 0.2) is 18.2 Å². The molecule has 0 heterocycles. The number of anilines is 1. The lowest BCUT2D eigenvalue weighted by molar-refractivity contribution is -0.120. The molecule has 0 bridgehead atoms. The molecule has 1 aromatic carbocycles. The Bertz CT molecular complexity index is 597. The molecule has 3 N–H and O–H groups in total. The van der Waals surface area contributed by atoms with Gasteiger partial charge in [0.2, 0.25) is 3.79 Å². The highest BCUT2D eigenvalue weighted by Crippen LogP contribution is 2.29. The SMILES string of the molecule is Cc1cc(I)ccc1NC(=S)NC(NC(=O)C(Cl)Cl)C(Cl)(Cl)Cl. The summed E-state index contributed by atoms with van der Waals surface area (Å²) in [6.45, 7) is 1.92. The van der Waals surface area contributed by atoms with Crippen molar-refractivity contribution in [1.82, 2.24) is 10.6 Å². The van der Waals surface area contributed by atoms with Crippen molar-refractivity contribution < 1.29 is 4.79 Å². The first-order chi connectivity index (χ1) is 10.5. The smallest absolute Gasteiger partial charge is 0.255 e. The van der Waals surface area contributed by atoms with Crippen LogP contribution in [0.3, 0.4) is 0 Å². The predicted octanol–water partition coefficient (Wildman–Crippen LogP) is 4.50. The molecular weight excluding hydrogens is 538 g/mol. The van der Waals surface area contributed by atoms with Crippen LogP contribution in [0.1, 0.15) is 5.56 Å². The number of benzene rings is 1. The fourth-order valence-corrected chi connectivity index (χ4v) is 2.79. The first-order valence-electron chi connectivity index (χ1n) is 5.99. The summed E-state index contributed by atoms with van der Waals surface area (Å²) in [5.41, 5.74) is 1.77. The van der Waals surface area contributed by atoms with E-state index in [4.69, 9.17) is 70.2 Å². The summed E-state index contributed by atoms with van der Waals surface area (Å²) in [4.78, 5) is 10.3. The van der Waals surface area contributed by atoms with Crippen LogP contribution in [0.5, 0.6) is 0 Å². The third-order valence-corrected chi connectivity index (χ3v) is 4.47. The fraction of sp³-hybridized carbons (Fsp3) is 0.333. The van der Waals surface area contributed by atoms with Crippen LogP contribution in [-0.2, 0) is 4.79 Å². The average molecular weight is 549 g/mol. The summed E-state index contributed by atoms with van der Waals surface area (Å²) in [6.07, 6.45) is -1.12. The molecule has 0 saturated heterocycles. The molecular formula is C12H11Cl5IN3OS. The summed E-state index contributed by atoms with van der Waals surface area (Å²) in [5.74, 6) is -0.717. The van der Waals surface area contributed by atoms with Gasteiger partial charge in [-0.3, -0.25) is 4.79 Å². The van der Waals surface area contributed by atoms with Crippen LogP contribution in [0, 0.1) is 10.5 Å². The van der Waals surface area contributed by atoms with Crippen LogP contribution >= 0.6 is 92.8 Å². The zero-order chi connectivity index (χ0) is 17.8. The van der Waals surface area contributed by atoms with Crippen LogP contribution in [0.4, 0.5) is 5.69 Å². The molecule has 0 fully saturated rings. The van der Waals surface area contributed by atoms with Crippen molar-refractivity contribution in [3.8, 4) is 0 Å². The number of carbonyl (C=O) groups is 1. The molecule has 23 heavy (non-hydrogen) atoms. The van der Waals surface area contributed by atoms with Gasteiger partial charge in [-0.25, -0.2) is 0 Å². The van der Waals surface area contributed by atoms with Crippen LogP contribution < -0.4 is 16.0 Å². The third-order valence-electron chi connectivity index (χ3n) is 2.52. The second kappa shape index (κ2) is 9.31. The minimum absolute atomic E-state index is 0.159. The van der Waals surface area contributed by atoms with E-state index in [1.807, 2.05) is 25.1 Å². The first kappa shape index (κ1) is 21.6. The van der Waals surface area contributed by atoms with Gasteiger partial charge in [0.1, 0.15) is 6.17 Å². The number of hydrogen-bond acceptors (Lipinski definition) is 2. The van der Waals surface area contributed by atoms with E-state index in [1.165, 1.54) is 0 Å². The molecule has 1 aromatic rings. The maximum absolute atomic E-state index is 11.6. The van der Waals surface area contributed by atoms with Gasteiger partial charge in [0, 0.05) is 9.26 Å². The lowest BCUT2D eigenvalue weighted by Crippen LogP contribution is -2.57. The van der Waals surface area contributed by atoms with Gasteiger partial charge in [-0.05, 0) is 65.5 Å². The number of halogens is 6. The molecule has 0 aromatic heterocycles. The lowest BCUT2D eigenvalue weighted by atomic mass is 10.2. The van der Waals surface area contributed by atoms with Gasteiger partial charge < -0.3 is 16.0 Å². The molecule has 4 nitrogen and oxygen atoms in total. The summed E-state index contributed by atoms with van der Waals surface area (Å²) in [5, 5.41) is 8.19. The van der Waals surface area contributed by atoms with Crippen molar-refractivity contribution >= 4 is 110 Å². The molecule has 0 radical (unpaired) electrons. The Morgan fingerprint density at radius 2 is 1.87 bits per heavy atom. The van der Waals surface area contributed by atoms with E-state index in [-0.39, 0.29) is 5.11 Å². The number of carbonyl (C=O) groups excluding carboxylic acids is 1. The van der Waals surface area contributed by atoms with Crippen molar-refractivity contribution in [1.29, 1.82) is 0 Å². The highest BCUT2D eigenvalue weighted by atomic mass is 127. The van der Waals surface area contributed by atoms with Gasteiger partial charge in [0.05, 0.1) is 0 Å². The molecule has 0 aliphatic carbocycles. The second-order valence-corrected chi connectivity index (χ2v) is 9.46. The largest absolute Gasteiger partial charge is 0.339 e. The maximum atomic E-state index is 11.6. The van der Waals surface area contributed by atoms with E-state index >= 15 is 0 Å². The third kappa shape index (κ3) is 7.54. The number of amides is 1. The molecule has 1 rings (SSSR count). The van der Waals surface area contributed by atoms with Crippen molar-refractivity contribution in [2.75, 3.05) is 5.32 Å². The Morgan fingerprint density at radius 1 is 1.26 bits per heavy atom. The molecule has 11 heteroatoms. The van der Waals surface area contributed by atoms with Crippen molar-refractivity contribution in [3.63, 3.8) is 0 Å². The monoisotopic (exact) mass is 547 g/mol. The molecule has 0 aliphatic rings. The summed E-state index contributed by atoms with van der Waals surface area (Å²) in [6, 6.07) is 5.76. The van der Waals surface area contributed by atoms with Crippen LogP contribution in [0.25, 0.3) is 0 Å². The van der Waals surface area contributed by atoms with Gasteiger partial charge in [-0.15, -0.1) is 0 Å². The number of alkyl halides is 5. The van der Waals surface area contributed by atoms with E-state index in [1.54, 1.807) is 0 Å². The summed E-state index contributed by atoms with van der Waals surface area (Å²) in [7, 11) is 0. The number of hydrogen-bond donors (Lipinski definition) is 3. The zero-order valence-electron chi connectivity index (χ0n) is 11.5. The Balaban J connectivity index is 2.79. The van der Waals surface area contributed by atoms with Crippen LogP contribution in [0.2, 0.25) is 0 Å². The number of thiocarbonyl (C=S) groups is 1. The van der Waals surface area contributed by atoms with Crippen LogP contribution in [-0.4, -0.2) is 25.8 Å². The normalized spacial score (nSPS) is 12.7. The molecule has 1 atom stereocenters. The number of nitrogens with one attached hydrogen (secondary N) is 3. The molecule has 1 amide bonds. The van der Waals surface area contributed by atoms with E-state index < -0.39 is 20.7 Å². The van der Waals surface area contributed by atoms with Crippen molar-refractivity contribution in [2.24, 2.45) is 0 Å². The standard InChI is InChI=1S/C12H11Cl5IN3OS/c1-5-4-6(18)2-3-7(5)19-11(23)21-10(12(15,16)17)20-9(22)8(13)14/h2-4,8,10H,1H3,(H,20,22)(H2,19,21,23). The topological polar surface area (TPSA) is 53.2 Å². The summed E-state index contributed by atoms with van der Waals surface area (Å²) < 4.78 is -0.781. The second-order valence-electron chi connectivity index (χ2n) is 4.34. The van der Waals surface area contributed by atoms with Crippen molar-refractivity contribution in [3.05, 3.63) is 27.3 Å². The van der Waals surface area contributed by atoms with E-state index in [0.717, 1.165) is 14.8 Å². The van der Waals surface area contributed by atoms with Gasteiger partial charge in [0.25, 0.3) is 5.91 Å². The molecule has 128 valence electrons. The predicted molar refractivity (Wildman–Crippen MR) is 111 cm³/mol. The Hall–Kier alpha value is 0.560. The van der Waals surface area contributed by atoms with E-state index in [0.29, 0.717) is 0 Å². The maximum Gasteiger partial charge on any atom is 0.255 e. The van der Waals surface area contributed by atoms with E-state index in [9.17, 15) is 4.79 Å². The molecule has 0 spiro atoms. The number of rotatable bonds is 4. The Morgan fingerprint density at radius 3 is 2.35 bits per heavy atom. The quantitative estimate of drug-likeness (QED) is 0.224. The highest BCUT2D eigenvalue weighted by Gasteiger charge is 2.35. The molecule has 0 saturated carbocycles. The van der Waals surface area contributed by atoms with Gasteiger partial charge in [-0.1, -0.05) is 58.0 Å². The number of aryl methyl sites for hydroxylation is 1. The fourth-order valence-electron chi connectivity index (χ4n) is 1.46. The zero-order valence-corrected chi connectivity index (χ0v) is 18.2. The lowest BCUT2D eigenvalue weighted by Gasteiger charge is -2.28. The average Bonchev–Trinajstić information content (AvgIpc) is 2.40. The molecule has 0 aliphatic heterocycles. The minimum atomic E-state index is -1.87. The highest BCUT2D eigenvalue weighted by molar-refractivity contribution is 14.1. The molecule has 1 unspecified atom stereocenters. The van der Waals surface area contributed by atoms with E-state index in [2.05, 4.69) is 38.5 Å². The minimum Gasteiger partial charge on any atom is -0.339 e.